The monoisotopic (exact) mass is 316 g/mol. The molecule has 0 bridgehead atoms. The zero-order valence-corrected chi connectivity index (χ0v) is 13.0. The van der Waals surface area contributed by atoms with Gasteiger partial charge in [-0.15, -0.1) is 11.3 Å². The Morgan fingerprint density at radius 1 is 0.826 bits per heavy atom. The van der Waals surface area contributed by atoms with Crippen LogP contribution in [0.4, 0.5) is 0 Å². The van der Waals surface area contributed by atoms with Crippen molar-refractivity contribution in [2.24, 2.45) is 0 Å². The zero-order chi connectivity index (χ0) is 15.4. The maximum absolute atomic E-state index is 12.1. The molecule has 0 amide bonds. The summed E-state index contributed by atoms with van der Waals surface area (Å²) in [5.41, 5.74) is 2.66. The molecule has 1 atom stereocenters. The lowest BCUT2D eigenvalue weighted by Gasteiger charge is -2.11. The molecule has 3 heteroatoms. The van der Waals surface area contributed by atoms with Crippen molar-refractivity contribution < 1.29 is 9.53 Å². The number of fused-ring (bicyclic) bond motifs is 4. The Labute approximate surface area is 136 Å². The van der Waals surface area contributed by atoms with Crippen molar-refractivity contribution in [3.05, 3.63) is 83.4 Å². The van der Waals surface area contributed by atoms with Gasteiger partial charge in [-0.3, -0.25) is 0 Å². The van der Waals surface area contributed by atoms with Crippen LogP contribution in [0.2, 0.25) is 0 Å². The molecule has 23 heavy (non-hydrogen) atoms. The Balaban J connectivity index is 1.72. The van der Waals surface area contributed by atoms with E-state index < -0.39 is 0 Å². The summed E-state index contributed by atoms with van der Waals surface area (Å²) in [6.45, 7) is 0. The molecule has 1 unspecified atom stereocenters. The fraction of sp³-hybridized carbons (Fsp3) is 0.0500. The predicted octanol–water partition coefficient (Wildman–Crippen LogP) is 5.31. The Bertz CT molecular complexity index is 1080. The van der Waals surface area contributed by atoms with Gasteiger partial charge in [-0.05, 0) is 29.8 Å². The molecule has 5 rings (SSSR count). The minimum Gasteiger partial charge on any atom is -0.449 e. The van der Waals surface area contributed by atoms with Gasteiger partial charge in [-0.1, -0.05) is 42.5 Å². The van der Waals surface area contributed by atoms with Crippen molar-refractivity contribution >= 4 is 37.5 Å². The second-order valence-electron chi connectivity index (χ2n) is 5.73. The van der Waals surface area contributed by atoms with Crippen LogP contribution >= 0.6 is 11.3 Å². The van der Waals surface area contributed by atoms with Crippen LogP contribution in [0.15, 0.2) is 66.7 Å². The molecule has 110 valence electrons. The highest BCUT2D eigenvalue weighted by molar-refractivity contribution is 7.25. The van der Waals surface area contributed by atoms with E-state index >= 15 is 0 Å². The third-order valence-corrected chi connectivity index (χ3v) is 5.54. The van der Waals surface area contributed by atoms with Gasteiger partial charge in [0.2, 0.25) is 0 Å². The van der Waals surface area contributed by atoms with Crippen molar-refractivity contribution in [3.8, 4) is 0 Å². The van der Waals surface area contributed by atoms with Crippen molar-refractivity contribution in [1.29, 1.82) is 0 Å². The summed E-state index contributed by atoms with van der Waals surface area (Å²) < 4.78 is 8.16. The Kier molecular flexibility index (Phi) is 2.61. The van der Waals surface area contributed by atoms with Crippen LogP contribution in [0.3, 0.4) is 0 Å². The summed E-state index contributed by atoms with van der Waals surface area (Å²) in [6, 6.07) is 22.4. The maximum atomic E-state index is 12.1. The largest absolute Gasteiger partial charge is 0.449 e. The average molecular weight is 316 g/mol. The zero-order valence-electron chi connectivity index (χ0n) is 12.2. The van der Waals surface area contributed by atoms with Crippen LogP contribution in [0, 0.1) is 0 Å². The highest BCUT2D eigenvalue weighted by Crippen LogP contribution is 2.39. The molecule has 4 aromatic rings. The molecule has 0 aliphatic carbocycles. The Hall–Kier alpha value is -2.65. The number of ether oxygens (including phenoxy) is 1. The lowest BCUT2D eigenvalue weighted by molar-refractivity contribution is 0.0456. The van der Waals surface area contributed by atoms with Gasteiger partial charge in [-0.25, -0.2) is 4.79 Å². The number of hydrogen-bond donors (Lipinski definition) is 0. The van der Waals surface area contributed by atoms with Crippen LogP contribution in [0.25, 0.3) is 20.2 Å². The van der Waals surface area contributed by atoms with Gasteiger partial charge in [0, 0.05) is 25.7 Å². The standard InChI is InChI=1S/C20H12O2S/c21-20-15-7-2-1-6-14(15)19(22-20)12-9-10-18-16(11-12)13-5-3-4-8-17(13)23-18/h1-11,19H. The molecule has 1 aliphatic rings. The Morgan fingerprint density at radius 3 is 2.57 bits per heavy atom. The smallest absolute Gasteiger partial charge is 0.339 e. The average Bonchev–Trinajstić information content (AvgIpc) is 3.13. The molecule has 0 spiro atoms. The van der Waals surface area contributed by atoms with Gasteiger partial charge in [0.1, 0.15) is 0 Å². The molecular formula is C20H12O2S. The summed E-state index contributed by atoms with van der Waals surface area (Å²) in [5, 5.41) is 2.48. The van der Waals surface area contributed by atoms with E-state index in [0.29, 0.717) is 5.56 Å². The van der Waals surface area contributed by atoms with Crippen LogP contribution < -0.4 is 0 Å². The van der Waals surface area contributed by atoms with Gasteiger partial charge >= 0.3 is 5.97 Å². The number of esters is 1. The molecule has 2 nitrogen and oxygen atoms in total. The fourth-order valence-corrected chi connectivity index (χ4v) is 4.39. The highest BCUT2D eigenvalue weighted by Gasteiger charge is 2.31. The topological polar surface area (TPSA) is 26.3 Å². The third kappa shape index (κ3) is 1.83. The van der Waals surface area contributed by atoms with Crippen LogP contribution in [-0.4, -0.2) is 5.97 Å². The molecule has 0 saturated carbocycles. The van der Waals surface area contributed by atoms with Crippen molar-refractivity contribution in [2.45, 2.75) is 6.10 Å². The Morgan fingerprint density at radius 2 is 1.61 bits per heavy atom. The van der Waals surface area contributed by atoms with E-state index in [0.717, 1.165) is 11.1 Å². The second kappa shape index (κ2) is 4.67. The van der Waals surface area contributed by atoms with Crippen molar-refractivity contribution in [1.82, 2.24) is 0 Å². The van der Waals surface area contributed by atoms with Gasteiger partial charge in [0.15, 0.2) is 6.10 Å². The molecule has 0 N–H and O–H groups in total. The minimum absolute atomic E-state index is 0.235. The number of rotatable bonds is 1. The van der Waals surface area contributed by atoms with E-state index in [1.54, 1.807) is 11.3 Å². The van der Waals surface area contributed by atoms with Crippen LogP contribution in [-0.2, 0) is 4.74 Å². The lowest BCUT2D eigenvalue weighted by Crippen LogP contribution is -2.00. The lowest BCUT2D eigenvalue weighted by atomic mass is 9.98. The van der Waals surface area contributed by atoms with E-state index in [-0.39, 0.29) is 12.1 Å². The van der Waals surface area contributed by atoms with E-state index in [9.17, 15) is 4.79 Å². The van der Waals surface area contributed by atoms with E-state index in [4.69, 9.17) is 4.74 Å². The quantitative estimate of drug-likeness (QED) is 0.445. The number of benzene rings is 3. The van der Waals surface area contributed by atoms with Gasteiger partial charge in [0.05, 0.1) is 5.56 Å². The molecule has 1 aromatic heterocycles. The SMILES string of the molecule is O=C1OC(c2ccc3sc4ccccc4c3c2)c2ccccc21. The number of carbonyl (C=O) groups is 1. The normalized spacial score (nSPS) is 16.7. The first-order chi connectivity index (χ1) is 11.3. The number of hydrogen-bond acceptors (Lipinski definition) is 3. The van der Waals surface area contributed by atoms with Gasteiger partial charge in [0.25, 0.3) is 0 Å². The molecule has 0 radical (unpaired) electrons. The highest BCUT2D eigenvalue weighted by atomic mass is 32.1. The summed E-state index contributed by atoms with van der Waals surface area (Å²) in [7, 11) is 0. The number of carbonyl (C=O) groups excluding carboxylic acids is 1. The first-order valence-corrected chi connectivity index (χ1v) is 8.34. The van der Waals surface area contributed by atoms with Gasteiger partial charge in [-0.2, -0.15) is 0 Å². The number of cyclic esters (lactones) is 1. The summed E-state index contributed by atoms with van der Waals surface area (Å²) in [5.74, 6) is -0.235. The first kappa shape index (κ1) is 12.9. The van der Waals surface area contributed by atoms with E-state index in [2.05, 4.69) is 42.5 Å². The second-order valence-corrected chi connectivity index (χ2v) is 6.81. The molecular weight excluding hydrogens is 304 g/mol. The van der Waals surface area contributed by atoms with E-state index in [1.165, 1.54) is 20.2 Å². The summed E-state index contributed by atoms with van der Waals surface area (Å²) >= 11 is 1.79. The van der Waals surface area contributed by atoms with Gasteiger partial charge < -0.3 is 4.74 Å². The molecule has 3 aromatic carbocycles. The minimum atomic E-state index is -0.304. The first-order valence-electron chi connectivity index (χ1n) is 7.52. The summed E-state index contributed by atoms with van der Waals surface area (Å²) in [6.07, 6.45) is -0.304. The van der Waals surface area contributed by atoms with E-state index in [1.807, 2.05) is 24.3 Å². The fourth-order valence-electron chi connectivity index (χ4n) is 3.30. The molecule has 1 aliphatic heterocycles. The van der Waals surface area contributed by atoms with Crippen molar-refractivity contribution in [2.75, 3.05) is 0 Å². The maximum Gasteiger partial charge on any atom is 0.339 e. The molecule has 2 heterocycles. The van der Waals surface area contributed by atoms with Crippen molar-refractivity contribution in [3.63, 3.8) is 0 Å². The predicted molar refractivity (Wildman–Crippen MR) is 93.0 cm³/mol. The molecule has 0 fully saturated rings. The van der Waals surface area contributed by atoms with Crippen LogP contribution in [0.5, 0.6) is 0 Å². The number of thiophene rings is 1. The van der Waals surface area contributed by atoms with Crippen LogP contribution in [0.1, 0.15) is 27.6 Å². The summed E-state index contributed by atoms with van der Waals surface area (Å²) in [4.78, 5) is 12.1. The molecule has 0 saturated heterocycles. The third-order valence-electron chi connectivity index (χ3n) is 4.39.